The molecular weight excluding hydrogens is 406 g/mol. The molecule has 1 atom stereocenters. The number of carbonyl (C=O) groups is 3. The molecule has 2 N–H and O–H groups in total. The number of nitrogens with zero attached hydrogens (tertiary/aromatic N) is 1. The van der Waals surface area contributed by atoms with Crippen LogP contribution in [0.3, 0.4) is 0 Å². The van der Waals surface area contributed by atoms with E-state index in [-0.39, 0.29) is 30.4 Å². The van der Waals surface area contributed by atoms with Crippen molar-refractivity contribution in [3.8, 4) is 0 Å². The lowest BCUT2D eigenvalue weighted by molar-refractivity contribution is -0.114. The lowest BCUT2D eigenvalue weighted by atomic mass is 10.1. The van der Waals surface area contributed by atoms with Crippen molar-refractivity contribution in [1.29, 1.82) is 0 Å². The van der Waals surface area contributed by atoms with E-state index in [9.17, 15) is 14.4 Å². The fourth-order valence-corrected chi connectivity index (χ4v) is 4.37. The minimum Gasteiger partial charge on any atom is -0.376 e. The Hall–Kier alpha value is -3.71. The fourth-order valence-electron chi connectivity index (χ4n) is 4.37. The van der Waals surface area contributed by atoms with Crippen LogP contribution in [0.15, 0.2) is 60.7 Å². The van der Waals surface area contributed by atoms with E-state index < -0.39 is 0 Å². The van der Waals surface area contributed by atoms with Gasteiger partial charge in [-0.15, -0.1) is 0 Å². The summed E-state index contributed by atoms with van der Waals surface area (Å²) in [5.41, 5.74) is 2.10. The van der Waals surface area contributed by atoms with Crippen molar-refractivity contribution in [2.45, 2.75) is 18.9 Å². The van der Waals surface area contributed by atoms with Crippen molar-refractivity contribution in [2.75, 3.05) is 29.9 Å². The third kappa shape index (κ3) is 3.71. The van der Waals surface area contributed by atoms with Gasteiger partial charge >= 0.3 is 0 Å². The second kappa shape index (κ2) is 8.43. The molecule has 0 radical (unpaired) electrons. The Bertz CT molecular complexity index is 1210. The first-order valence-corrected chi connectivity index (χ1v) is 10.7. The van der Waals surface area contributed by atoms with Crippen molar-refractivity contribution in [2.24, 2.45) is 0 Å². The quantitative estimate of drug-likeness (QED) is 0.629. The maximum atomic E-state index is 12.9. The highest BCUT2D eigenvalue weighted by atomic mass is 16.5. The maximum absolute atomic E-state index is 12.9. The van der Waals surface area contributed by atoms with Crippen LogP contribution < -0.4 is 15.5 Å². The van der Waals surface area contributed by atoms with Gasteiger partial charge in [0, 0.05) is 24.1 Å². The van der Waals surface area contributed by atoms with Crippen LogP contribution in [0.2, 0.25) is 0 Å². The number of ether oxygens (including phenoxy) is 1. The Kier molecular flexibility index (Phi) is 5.33. The molecule has 7 heteroatoms. The standard InChI is InChI=1S/C25H23N3O4/c29-22(15-28-21-12-4-7-16-6-3-10-19(23(16)21)25(28)31)27-20-11-2-1-9-18(20)24(30)26-14-17-8-5-13-32-17/h1-4,6-7,9-12,17H,5,8,13-15H2,(H,26,30)(H,27,29)/t17-/m1/s1. The van der Waals surface area contributed by atoms with Crippen molar-refractivity contribution >= 4 is 39.9 Å². The smallest absolute Gasteiger partial charge is 0.259 e. The molecule has 1 fully saturated rings. The highest BCUT2D eigenvalue weighted by Crippen LogP contribution is 2.37. The summed E-state index contributed by atoms with van der Waals surface area (Å²) in [6.45, 7) is 1.02. The van der Waals surface area contributed by atoms with Crippen molar-refractivity contribution < 1.29 is 19.1 Å². The molecule has 32 heavy (non-hydrogen) atoms. The third-order valence-electron chi connectivity index (χ3n) is 5.91. The van der Waals surface area contributed by atoms with E-state index in [1.165, 1.54) is 4.90 Å². The highest BCUT2D eigenvalue weighted by Gasteiger charge is 2.31. The molecule has 0 spiro atoms. The Morgan fingerprint density at radius 2 is 1.84 bits per heavy atom. The van der Waals surface area contributed by atoms with E-state index in [1.54, 1.807) is 30.3 Å². The summed E-state index contributed by atoms with van der Waals surface area (Å²) >= 11 is 0. The molecule has 3 amide bonds. The largest absolute Gasteiger partial charge is 0.376 e. The molecule has 0 bridgehead atoms. The first-order valence-electron chi connectivity index (χ1n) is 10.7. The number of carbonyl (C=O) groups excluding carboxylic acids is 3. The third-order valence-corrected chi connectivity index (χ3v) is 5.91. The zero-order valence-corrected chi connectivity index (χ0v) is 17.5. The van der Waals surface area contributed by atoms with Crippen molar-refractivity contribution in [3.63, 3.8) is 0 Å². The van der Waals surface area contributed by atoms with Gasteiger partial charge < -0.3 is 15.4 Å². The zero-order chi connectivity index (χ0) is 22.1. The molecule has 2 aliphatic heterocycles. The van der Waals surface area contributed by atoms with Crippen LogP contribution >= 0.6 is 0 Å². The number of hydrogen-bond acceptors (Lipinski definition) is 4. The van der Waals surface area contributed by atoms with Crippen LogP contribution in [0, 0.1) is 0 Å². The van der Waals surface area contributed by atoms with Crippen LogP contribution in [0.1, 0.15) is 33.6 Å². The molecule has 0 unspecified atom stereocenters. The van der Waals surface area contributed by atoms with Gasteiger partial charge in [-0.05, 0) is 42.5 Å². The topological polar surface area (TPSA) is 87.7 Å². The molecule has 2 aliphatic rings. The number of para-hydroxylation sites is 1. The molecule has 2 heterocycles. The van der Waals surface area contributed by atoms with Crippen LogP contribution in [0.4, 0.5) is 11.4 Å². The Morgan fingerprint density at radius 1 is 1.03 bits per heavy atom. The van der Waals surface area contributed by atoms with Crippen molar-refractivity contribution in [3.05, 3.63) is 71.8 Å². The summed E-state index contributed by atoms with van der Waals surface area (Å²) in [7, 11) is 0. The zero-order valence-electron chi connectivity index (χ0n) is 17.5. The van der Waals surface area contributed by atoms with Crippen molar-refractivity contribution in [1.82, 2.24) is 5.32 Å². The van der Waals surface area contributed by atoms with Gasteiger partial charge in [-0.3, -0.25) is 19.3 Å². The number of benzene rings is 3. The average molecular weight is 429 g/mol. The highest BCUT2D eigenvalue weighted by molar-refractivity contribution is 6.26. The summed E-state index contributed by atoms with van der Waals surface area (Å²) in [6, 6.07) is 18.1. The van der Waals surface area contributed by atoms with Crippen LogP contribution in [-0.2, 0) is 9.53 Å². The first kappa shape index (κ1) is 20.2. The SMILES string of the molecule is O=C(CN1C(=O)c2cccc3cccc1c23)Nc1ccccc1C(=O)NC[C@H]1CCCO1. The minimum atomic E-state index is -0.373. The van der Waals surface area contributed by atoms with Crippen LogP contribution in [0.5, 0.6) is 0 Å². The molecule has 1 saturated heterocycles. The molecule has 0 aromatic heterocycles. The van der Waals surface area contributed by atoms with E-state index in [1.807, 2.05) is 30.3 Å². The van der Waals surface area contributed by atoms with Gasteiger partial charge in [-0.1, -0.05) is 36.4 Å². The minimum absolute atomic E-state index is 0.0335. The van der Waals surface area contributed by atoms with Gasteiger partial charge in [0.2, 0.25) is 5.91 Å². The van der Waals surface area contributed by atoms with Crippen LogP contribution in [-0.4, -0.2) is 43.5 Å². The first-order chi connectivity index (χ1) is 15.6. The lowest BCUT2D eigenvalue weighted by Gasteiger charge is -2.18. The monoisotopic (exact) mass is 429 g/mol. The molecule has 162 valence electrons. The van der Waals surface area contributed by atoms with E-state index >= 15 is 0 Å². The molecule has 3 aromatic rings. The summed E-state index contributed by atoms with van der Waals surface area (Å²) < 4.78 is 5.55. The summed E-state index contributed by atoms with van der Waals surface area (Å²) in [4.78, 5) is 40.0. The molecule has 5 rings (SSSR count). The predicted molar refractivity (Wildman–Crippen MR) is 122 cm³/mol. The second-order valence-corrected chi connectivity index (χ2v) is 8.01. The van der Waals surface area contributed by atoms with Gasteiger partial charge in [-0.2, -0.15) is 0 Å². The molecule has 3 aromatic carbocycles. The Balaban J connectivity index is 1.30. The van der Waals surface area contributed by atoms with E-state index in [4.69, 9.17) is 4.74 Å². The molecule has 0 saturated carbocycles. The summed E-state index contributed by atoms with van der Waals surface area (Å²) in [5.74, 6) is -0.845. The van der Waals surface area contributed by atoms with Gasteiger partial charge in [0.1, 0.15) is 6.54 Å². The van der Waals surface area contributed by atoms with E-state index in [2.05, 4.69) is 10.6 Å². The number of rotatable bonds is 6. The maximum Gasteiger partial charge on any atom is 0.259 e. The van der Waals surface area contributed by atoms with Gasteiger partial charge in [0.15, 0.2) is 0 Å². The average Bonchev–Trinajstić information content (AvgIpc) is 3.42. The summed E-state index contributed by atoms with van der Waals surface area (Å²) in [6.07, 6.45) is 1.96. The fraction of sp³-hybridized carbons (Fsp3) is 0.240. The molecular formula is C25H23N3O4. The van der Waals surface area contributed by atoms with E-state index in [0.29, 0.717) is 23.4 Å². The normalized spacial score (nSPS) is 17.1. The molecule has 7 nitrogen and oxygen atoms in total. The molecule has 0 aliphatic carbocycles. The van der Waals surface area contributed by atoms with Crippen LogP contribution in [0.25, 0.3) is 10.8 Å². The predicted octanol–water partition coefficient (Wildman–Crippen LogP) is 3.35. The summed E-state index contributed by atoms with van der Waals surface area (Å²) in [5, 5.41) is 7.51. The number of anilines is 2. The number of hydrogen-bond donors (Lipinski definition) is 2. The van der Waals surface area contributed by atoms with Gasteiger partial charge in [0.05, 0.1) is 23.0 Å². The Labute approximate surface area is 185 Å². The Morgan fingerprint density at radius 3 is 2.66 bits per heavy atom. The number of nitrogens with one attached hydrogen (secondary N) is 2. The van der Waals surface area contributed by atoms with E-state index in [0.717, 1.165) is 35.9 Å². The lowest BCUT2D eigenvalue weighted by Crippen LogP contribution is -2.36. The van der Waals surface area contributed by atoms with Gasteiger partial charge in [0.25, 0.3) is 11.8 Å². The number of amides is 3. The second-order valence-electron chi connectivity index (χ2n) is 8.01. The van der Waals surface area contributed by atoms with Gasteiger partial charge in [-0.25, -0.2) is 0 Å².